The highest BCUT2D eigenvalue weighted by Crippen LogP contribution is 2.79. The number of alkyl halides is 1. The summed E-state index contributed by atoms with van der Waals surface area (Å²) in [4.78, 5) is 17.3. The number of halogens is 2. The summed E-state index contributed by atoms with van der Waals surface area (Å²) in [7, 11) is 0. The lowest BCUT2D eigenvalue weighted by Crippen LogP contribution is -2.68. The van der Waals surface area contributed by atoms with Crippen molar-refractivity contribution in [2.75, 3.05) is 5.32 Å². The summed E-state index contributed by atoms with van der Waals surface area (Å²) in [6.45, 7) is 6.71. The van der Waals surface area contributed by atoms with E-state index in [0.717, 1.165) is 17.3 Å². The van der Waals surface area contributed by atoms with Gasteiger partial charge in [-0.15, -0.1) is 0 Å². The standard InChI is InChI=1S/C15H18Br2N2O/c1-13(2)14(3)6-7-15(13,11(14)17)12(20)19-10-5-4-9(16)8-18-10/h4-5,8,11H,6-7H2,1-3H3,(H,18,19,20). The van der Waals surface area contributed by atoms with E-state index >= 15 is 0 Å². The van der Waals surface area contributed by atoms with Crippen LogP contribution >= 0.6 is 31.9 Å². The van der Waals surface area contributed by atoms with Gasteiger partial charge in [0.15, 0.2) is 0 Å². The average molecular weight is 402 g/mol. The molecular formula is C15H18Br2N2O. The lowest BCUT2D eigenvalue weighted by molar-refractivity contribution is -0.156. The molecular weight excluding hydrogens is 384 g/mol. The molecule has 3 nitrogen and oxygen atoms in total. The van der Waals surface area contributed by atoms with Crippen LogP contribution in [0.25, 0.3) is 0 Å². The lowest BCUT2D eigenvalue weighted by atomic mass is 9.43. The van der Waals surface area contributed by atoms with Gasteiger partial charge in [0, 0.05) is 15.5 Å². The van der Waals surface area contributed by atoms with Crippen LogP contribution in [0.3, 0.4) is 0 Å². The molecule has 3 aliphatic carbocycles. The molecule has 4 rings (SSSR count). The number of carbonyl (C=O) groups is 1. The Balaban J connectivity index is 1.86. The van der Waals surface area contributed by atoms with E-state index in [2.05, 4.69) is 62.9 Å². The van der Waals surface area contributed by atoms with Gasteiger partial charge in [0.25, 0.3) is 0 Å². The van der Waals surface area contributed by atoms with E-state index in [4.69, 9.17) is 0 Å². The van der Waals surface area contributed by atoms with Gasteiger partial charge in [-0.05, 0) is 51.7 Å². The number of anilines is 1. The van der Waals surface area contributed by atoms with Gasteiger partial charge in [-0.3, -0.25) is 4.79 Å². The third-order valence-electron chi connectivity index (χ3n) is 5.95. The van der Waals surface area contributed by atoms with Crippen molar-refractivity contribution in [1.29, 1.82) is 0 Å². The Morgan fingerprint density at radius 1 is 1.35 bits per heavy atom. The molecule has 0 aliphatic heterocycles. The Kier molecular flexibility index (Phi) is 3.11. The minimum Gasteiger partial charge on any atom is -0.310 e. The number of hydrogen-bond acceptors (Lipinski definition) is 2. The molecule has 108 valence electrons. The van der Waals surface area contributed by atoms with Crippen LogP contribution in [-0.2, 0) is 4.79 Å². The third-order valence-corrected chi connectivity index (χ3v) is 8.21. The van der Waals surface area contributed by atoms with Crippen LogP contribution in [0.2, 0.25) is 0 Å². The summed E-state index contributed by atoms with van der Waals surface area (Å²) in [5, 5.41) is 2.99. The van der Waals surface area contributed by atoms with Gasteiger partial charge in [-0.1, -0.05) is 36.7 Å². The van der Waals surface area contributed by atoms with Crippen molar-refractivity contribution in [3.63, 3.8) is 0 Å². The largest absolute Gasteiger partial charge is 0.310 e. The van der Waals surface area contributed by atoms with Crippen molar-refractivity contribution < 1.29 is 4.79 Å². The summed E-state index contributed by atoms with van der Waals surface area (Å²) < 4.78 is 0.907. The Morgan fingerprint density at radius 3 is 2.50 bits per heavy atom. The molecule has 5 heteroatoms. The number of nitrogens with zero attached hydrogens (tertiary/aromatic N) is 1. The second-order valence-corrected chi connectivity index (χ2v) is 8.52. The summed E-state index contributed by atoms with van der Waals surface area (Å²) in [6, 6.07) is 3.71. The van der Waals surface area contributed by atoms with Gasteiger partial charge in [0.2, 0.25) is 5.91 Å². The smallest absolute Gasteiger partial charge is 0.233 e. The molecule has 3 unspecified atom stereocenters. The Bertz CT molecular complexity index is 572. The molecule has 3 fully saturated rings. The Morgan fingerprint density at radius 2 is 2.05 bits per heavy atom. The molecule has 3 aliphatic rings. The maximum Gasteiger partial charge on any atom is 0.233 e. The molecule has 1 aromatic rings. The van der Waals surface area contributed by atoms with Crippen LogP contribution in [-0.4, -0.2) is 15.7 Å². The normalized spacial score (nSPS) is 37.4. The number of hydrogen-bond donors (Lipinski definition) is 1. The van der Waals surface area contributed by atoms with Crippen LogP contribution in [0.4, 0.5) is 5.82 Å². The number of pyridine rings is 1. The van der Waals surface area contributed by atoms with Crippen molar-refractivity contribution in [1.82, 2.24) is 4.98 Å². The maximum atomic E-state index is 12.8. The van der Waals surface area contributed by atoms with Crippen molar-refractivity contribution in [2.24, 2.45) is 16.2 Å². The lowest BCUT2D eigenvalue weighted by Gasteiger charge is -2.64. The van der Waals surface area contributed by atoms with Gasteiger partial charge < -0.3 is 5.32 Å². The molecule has 1 N–H and O–H groups in total. The first kappa shape index (κ1) is 14.5. The van der Waals surface area contributed by atoms with Crippen molar-refractivity contribution in [3.8, 4) is 0 Å². The quantitative estimate of drug-likeness (QED) is 0.747. The molecule has 20 heavy (non-hydrogen) atoms. The summed E-state index contributed by atoms with van der Waals surface area (Å²) in [6.07, 6.45) is 3.73. The van der Waals surface area contributed by atoms with Gasteiger partial charge >= 0.3 is 0 Å². The van der Waals surface area contributed by atoms with E-state index in [1.807, 2.05) is 12.1 Å². The number of fused-ring (bicyclic) bond motifs is 1. The summed E-state index contributed by atoms with van der Waals surface area (Å²) in [5.41, 5.74) is -0.110. The molecule has 1 amide bonds. The number of carbonyl (C=O) groups excluding carboxylic acids is 1. The van der Waals surface area contributed by atoms with E-state index in [0.29, 0.717) is 5.82 Å². The monoisotopic (exact) mass is 400 g/mol. The van der Waals surface area contributed by atoms with E-state index in [9.17, 15) is 4.79 Å². The number of nitrogens with one attached hydrogen (secondary N) is 1. The highest BCUT2D eigenvalue weighted by molar-refractivity contribution is 9.10. The minimum absolute atomic E-state index is 0.00755. The molecule has 0 spiro atoms. The van der Waals surface area contributed by atoms with E-state index in [-0.39, 0.29) is 27.0 Å². The minimum atomic E-state index is -0.323. The zero-order valence-electron chi connectivity index (χ0n) is 11.8. The fraction of sp³-hybridized carbons (Fsp3) is 0.600. The second-order valence-electron chi connectivity index (χ2n) is 6.69. The molecule has 3 atom stereocenters. The van der Waals surface area contributed by atoms with Crippen molar-refractivity contribution in [3.05, 3.63) is 22.8 Å². The highest BCUT2D eigenvalue weighted by atomic mass is 79.9. The summed E-state index contributed by atoms with van der Waals surface area (Å²) >= 11 is 7.13. The fourth-order valence-electron chi connectivity index (χ4n) is 4.13. The molecule has 1 aromatic heterocycles. The van der Waals surface area contributed by atoms with Gasteiger partial charge in [0.05, 0.1) is 5.41 Å². The summed E-state index contributed by atoms with van der Waals surface area (Å²) in [5.74, 6) is 0.706. The van der Waals surface area contributed by atoms with E-state index in [1.54, 1.807) is 6.20 Å². The third kappa shape index (κ3) is 1.51. The second kappa shape index (κ2) is 4.29. The molecule has 0 radical (unpaired) electrons. The molecule has 0 aromatic carbocycles. The van der Waals surface area contributed by atoms with Crippen molar-refractivity contribution in [2.45, 2.75) is 38.4 Å². The molecule has 0 saturated heterocycles. The zero-order valence-corrected chi connectivity index (χ0v) is 15.0. The number of rotatable bonds is 2. The van der Waals surface area contributed by atoms with Gasteiger partial charge in [-0.25, -0.2) is 4.98 Å². The first-order chi connectivity index (χ1) is 9.25. The van der Waals surface area contributed by atoms with Crippen LogP contribution in [0.5, 0.6) is 0 Å². The van der Waals surface area contributed by atoms with Gasteiger partial charge in [0.1, 0.15) is 5.82 Å². The van der Waals surface area contributed by atoms with E-state index < -0.39 is 0 Å². The van der Waals surface area contributed by atoms with Crippen LogP contribution in [0.1, 0.15) is 33.6 Å². The zero-order chi connectivity index (χ0) is 14.8. The number of amides is 1. The predicted octanol–water partition coefficient (Wildman–Crippen LogP) is 4.37. The molecule has 1 heterocycles. The molecule has 3 saturated carbocycles. The first-order valence-electron chi connectivity index (χ1n) is 6.83. The van der Waals surface area contributed by atoms with E-state index in [1.165, 1.54) is 0 Å². The Labute approximate surface area is 136 Å². The average Bonchev–Trinajstić information content (AvgIpc) is 2.80. The SMILES string of the molecule is CC12CCC(C(=O)Nc3ccc(Br)cn3)(C1Br)C2(C)C. The topological polar surface area (TPSA) is 42.0 Å². The fourth-order valence-corrected chi connectivity index (χ4v) is 6.18. The maximum absolute atomic E-state index is 12.8. The predicted molar refractivity (Wildman–Crippen MR) is 86.8 cm³/mol. The van der Waals surface area contributed by atoms with Crippen LogP contribution in [0, 0.1) is 16.2 Å². The number of aromatic nitrogens is 1. The molecule has 2 bridgehead atoms. The Hall–Kier alpha value is -0.420. The van der Waals surface area contributed by atoms with Gasteiger partial charge in [-0.2, -0.15) is 0 Å². The van der Waals surface area contributed by atoms with Crippen LogP contribution in [0.15, 0.2) is 22.8 Å². The van der Waals surface area contributed by atoms with Crippen LogP contribution < -0.4 is 5.32 Å². The highest BCUT2D eigenvalue weighted by Gasteiger charge is 2.80. The van der Waals surface area contributed by atoms with Crippen molar-refractivity contribution >= 4 is 43.6 Å². The first-order valence-corrected chi connectivity index (χ1v) is 8.54.